The number of nitrogens with two attached hydrogens (primary N) is 1. The normalized spacial score (nSPS) is 18.5. The van der Waals surface area contributed by atoms with Crippen LogP contribution in [0.2, 0.25) is 0 Å². The van der Waals surface area contributed by atoms with E-state index in [-0.39, 0.29) is 29.3 Å². The van der Waals surface area contributed by atoms with E-state index in [9.17, 15) is 18.0 Å². The van der Waals surface area contributed by atoms with Crippen LogP contribution in [-0.2, 0) is 6.18 Å². The predicted molar refractivity (Wildman–Crippen MR) is 124 cm³/mol. The van der Waals surface area contributed by atoms with E-state index in [0.717, 1.165) is 17.2 Å². The minimum Gasteiger partial charge on any atom is -0.383 e. The van der Waals surface area contributed by atoms with Gasteiger partial charge in [-0.1, -0.05) is 42.5 Å². The van der Waals surface area contributed by atoms with Crippen molar-refractivity contribution in [1.82, 2.24) is 15.3 Å². The molecule has 1 fully saturated rings. The van der Waals surface area contributed by atoms with E-state index in [2.05, 4.69) is 21.9 Å². The lowest BCUT2D eigenvalue weighted by atomic mass is 9.98. The molecule has 3 aromatic rings. The van der Waals surface area contributed by atoms with Gasteiger partial charge in [-0.2, -0.15) is 13.2 Å². The third-order valence-corrected chi connectivity index (χ3v) is 5.81. The average molecular weight is 467 g/mol. The Morgan fingerprint density at radius 3 is 2.50 bits per heavy atom. The molecule has 3 N–H and O–H groups in total. The number of halogens is 3. The zero-order valence-corrected chi connectivity index (χ0v) is 18.5. The molecule has 0 spiro atoms. The number of pyridine rings is 2. The van der Waals surface area contributed by atoms with E-state index in [1.807, 2.05) is 42.2 Å². The molecule has 1 aliphatic rings. The third kappa shape index (κ3) is 4.79. The van der Waals surface area contributed by atoms with Gasteiger partial charge in [0.05, 0.1) is 17.2 Å². The summed E-state index contributed by atoms with van der Waals surface area (Å²) in [5, 5.41) is 3.53. The molecule has 1 saturated heterocycles. The van der Waals surface area contributed by atoms with Crippen molar-refractivity contribution < 1.29 is 18.0 Å². The molecule has 176 valence electrons. The van der Waals surface area contributed by atoms with Crippen LogP contribution in [0, 0.1) is 0 Å². The quantitative estimate of drug-likeness (QED) is 0.427. The Labute approximate surface area is 195 Å². The SMILES string of the molecule is C=C(C)[C@H]1CN(c2ccc(C(F)(F)F)c(C(=O)c3cccnc3N)n2)C[C@H](c2ccccc2)N1. The van der Waals surface area contributed by atoms with Gasteiger partial charge in [0, 0.05) is 25.3 Å². The van der Waals surface area contributed by atoms with Crippen molar-refractivity contribution in [2.24, 2.45) is 0 Å². The minimum absolute atomic E-state index is 0.103. The van der Waals surface area contributed by atoms with E-state index in [1.54, 1.807) is 0 Å². The first kappa shape index (κ1) is 23.4. The summed E-state index contributed by atoms with van der Waals surface area (Å²) in [6.45, 7) is 6.83. The van der Waals surface area contributed by atoms with Crippen molar-refractivity contribution in [3.63, 3.8) is 0 Å². The molecule has 9 heteroatoms. The molecule has 2 atom stereocenters. The Balaban J connectivity index is 1.76. The number of carbonyl (C=O) groups excluding carboxylic acids is 1. The average Bonchev–Trinajstić information content (AvgIpc) is 2.83. The topological polar surface area (TPSA) is 84.1 Å². The number of nitrogen functional groups attached to an aromatic ring is 1. The maximum Gasteiger partial charge on any atom is 0.418 e. The molecule has 0 saturated carbocycles. The molecule has 6 nitrogen and oxygen atoms in total. The predicted octanol–water partition coefficient (Wildman–Crippen LogP) is 4.40. The fourth-order valence-corrected chi connectivity index (χ4v) is 4.00. The highest BCUT2D eigenvalue weighted by Crippen LogP contribution is 2.35. The fourth-order valence-electron chi connectivity index (χ4n) is 4.00. The number of rotatable bonds is 5. The zero-order valence-electron chi connectivity index (χ0n) is 18.5. The van der Waals surface area contributed by atoms with E-state index in [1.165, 1.54) is 24.4 Å². The maximum absolute atomic E-state index is 13.8. The molecule has 0 radical (unpaired) electrons. The molecule has 1 aromatic carbocycles. The third-order valence-electron chi connectivity index (χ3n) is 5.81. The number of ketones is 1. The zero-order chi connectivity index (χ0) is 24.5. The lowest BCUT2D eigenvalue weighted by molar-refractivity contribution is -0.138. The Kier molecular flexibility index (Phi) is 6.39. The van der Waals surface area contributed by atoms with Crippen molar-refractivity contribution >= 4 is 17.4 Å². The van der Waals surface area contributed by atoms with Crippen LogP contribution in [0.15, 0.2) is 72.9 Å². The Morgan fingerprint density at radius 1 is 1.12 bits per heavy atom. The highest BCUT2D eigenvalue weighted by molar-refractivity contribution is 6.11. The number of carbonyl (C=O) groups is 1. The molecular formula is C25H24F3N5O. The molecule has 4 rings (SSSR count). The van der Waals surface area contributed by atoms with Gasteiger partial charge in [0.25, 0.3) is 0 Å². The number of anilines is 2. The van der Waals surface area contributed by atoms with Crippen LogP contribution in [0.5, 0.6) is 0 Å². The lowest BCUT2D eigenvalue weighted by Crippen LogP contribution is -2.53. The van der Waals surface area contributed by atoms with E-state index >= 15 is 0 Å². The molecule has 34 heavy (non-hydrogen) atoms. The highest BCUT2D eigenvalue weighted by atomic mass is 19.4. The highest BCUT2D eigenvalue weighted by Gasteiger charge is 2.38. The van der Waals surface area contributed by atoms with Crippen molar-refractivity contribution in [2.45, 2.75) is 25.2 Å². The number of piperazine rings is 1. The standard InChI is InChI=1S/C25H24F3N5O/c1-15(2)19-13-33(14-20(31-19)16-7-4-3-5-8-16)21-11-10-18(25(26,27)28)22(32-21)23(34)17-9-6-12-30-24(17)29/h3-12,19-20,31H,1,13-14H2,2H3,(H2,29,30)/t19-,20-/m1/s1. The van der Waals surface area contributed by atoms with Gasteiger partial charge in [-0.25, -0.2) is 9.97 Å². The van der Waals surface area contributed by atoms with Gasteiger partial charge < -0.3 is 16.0 Å². The number of nitrogens with one attached hydrogen (secondary N) is 1. The van der Waals surface area contributed by atoms with Crippen LogP contribution in [-0.4, -0.2) is 34.9 Å². The maximum atomic E-state index is 13.8. The molecule has 0 unspecified atom stereocenters. The first-order chi connectivity index (χ1) is 16.1. The first-order valence-electron chi connectivity index (χ1n) is 10.7. The van der Waals surface area contributed by atoms with Crippen LogP contribution in [0.25, 0.3) is 0 Å². The summed E-state index contributed by atoms with van der Waals surface area (Å²) in [4.78, 5) is 23.0. The van der Waals surface area contributed by atoms with Gasteiger partial charge in [-0.05, 0) is 36.8 Å². The van der Waals surface area contributed by atoms with Crippen molar-refractivity contribution in [3.8, 4) is 0 Å². The van der Waals surface area contributed by atoms with Crippen LogP contribution in [0.4, 0.5) is 24.8 Å². The summed E-state index contributed by atoms with van der Waals surface area (Å²) < 4.78 is 41.3. The number of hydrogen-bond acceptors (Lipinski definition) is 6. The van der Waals surface area contributed by atoms with Crippen LogP contribution >= 0.6 is 0 Å². The smallest absolute Gasteiger partial charge is 0.383 e. The minimum atomic E-state index is -4.76. The molecule has 3 heterocycles. The fraction of sp³-hybridized carbons (Fsp3) is 0.240. The summed E-state index contributed by atoms with van der Waals surface area (Å²) in [6, 6.07) is 14.5. The van der Waals surface area contributed by atoms with Gasteiger partial charge in [0.15, 0.2) is 0 Å². The number of benzene rings is 1. The summed E-state index contributed by atoms with van der Waals surface area (Å²) in [7, 11) is 0. The Bertz CT molecular complexity index is 1210. The molecule has 2 aromatic heterocycles. The van der Waals surface area contributed by atoms with Gasteiger partial charge in [-0.15, -0.1) is 0 Å². The lowest BCUT2D eigenvalue weighted by Gasteiger charge is -2.40. The van der Waals surface area contributed by atoms with Crippen LogP contribution in [0.3, 0.4) is 0 Å². The second kappa shape index (κ2) is 9.26. The first-order valence-corrected chi connectivity index (χ1v) is 10.7. The second-order valence-corrected chi connectivity index (χ2v) is 8.26. The van der Waals surface area contributed by atoms with E-state index in [0.29, 0.717) is 13.1 Å². The van der Waals surface area contributed by atoms with Gasteiger partial charge >= 0.3 is 6.18 Å². The Hall–Kier alpha value is -3.72. The monoisotopic (exact) mass is 467 g/mol. The number of alkyl halides is 3. The van der Waals surface area contributed by atoms with Crippen molar-refractivity contribution in [1.29, 1.82) is 0 Å². The summed E-state index contributed by atoms with van der Waals surface area (Å²) in [5.41, 5.74) is 5.74. The molecule has 0 amide bonds. The summed E-state index contributed by atoms with van der Waals surface area (Å²) in [5.74, 6) is -0.806. The van der Waals surface area contributed by atoms with Gasteiger partial charge in [0.1, 0.15) is 17.3 Å². The Morgan fingerprint density at radius 2 is 1.85 bits per heavy atom. The number of hydrogen-bond donors (Lipinski definition) is 2. The largest absolute Gasteiger partial charge is 0.418 e. The van der Waals surface area contributed by atoms with Crippen LogP contribution in [0.1, 0.15) is 40.1 Å². The molecule has 1 aliphatic heterocycles. The van der Waals surface area contributed by atoms with Crippen molar-refractivity contribution in [2.75, 3.05) is 23.7 Å². The summed E-state index contributed by atoms with van der Waals surface area (Å²) >= 11 is 0. The van der Waals surface area contributed by atoms with Crippen LogP contribution < -0.4 is 16.0 Å². The second-order valence-electron chi connectivity index (χ2n) is 8.26. The molecule has 0 bridgehead atoms. The molecular weight excluding hydrogens is 443 g/mol. The number of aromatic nitrogens is 2. The summed E-state index contributed by atoms with van der Waals surface area (Å²) in [6.07, 6.45) is -3.40. The van der Waals surface area contributed by atoms with Crippen molar-refractivity contribution in [3.05, 3.63) is 95.3 Å². The van der Waals surface area contributed by atoms with E-state index < -0.39 is 23.2 Å². The molecule has 0 aliphatic carbocycles. The van der Waals surface area contributed by atoms with Gasteiger partial charge in [0.2, 0.25) is 5.78 Å². The number of nitrogens with zero attached hydrogens (tertiary/aromatic N) is 3. The van der Waals surface area contributed by atoms with Gasteiger partial charge in [-0.3, -0.25) is 4.79 Å². The van der Waals surface area contributed by atoms with E-state index in [4.69, 9.17) is 5.73 Å².